The highest BCUT2D eigenvalue weighted by molar-refractivity contribution is 6.33. The van der Waals surface area contributed by atoms with Crippen molar-refractivity contribution in [2.75, 3.05) is 13.7 Å². The highest BCUT2D eigenvalue weighted by Crippen LogP contribution is 2.42. The lowest BCUT2D eigenvalue weighted by atomic mass is 9.79. The molecule has 0 amide bonds. The van der Waals surface area contributed by atoms with Crippen LogP contribution in [0.3, 0.4) is 0 Å². The van der Waals surface area contributed by atoms with Crippen LogP contribution in [0.2, 0.25) is 5.15 Å². The minimum absolute atomic E-state index is 0.0358. The molecule has 3 heterocycles. The Morgan fingerprint density at radius 3 is 2.22 bits per heavy atom. The zero-order chi connectivity index (χ0) is 28.6. The fourth-order valence-electron chi connectivity index (χ4n) is 5.35. The van der Waals surface area contributed by atoms with Gasteiger partial charge in [-0.1, -0.05) is 83.9 Å². The first-order valence-electron chi connectivity index (χ1n) is 13.2. The van der Waals surface area contributed by atoms with Crippen LogP contribution in [-0.4, -0.2) is 61.8 Å². The smallest absolute Gasteiger partial charge is 0.167 e. The second kappa shape index (κ2) is 11.2. The van der Waals surface area contributed by atoms with Crippen molar-refractivity contribution in [3.05, 3.63) is 119 Å². The second-order valence-electron chi connectivity index (χ2n) is 9.99. The summed E-state index contributed by atoms with van der Waals surface area (Å²) in [6.07, 6.45) is -1.55. The van der Waals surface area contributed by atoms with Crippen LogP contribution in [0.1, 0.15) is 28.5 Å². The van der Waals surface area contributed by atoms with E-state index in [1.807, 2.05) is 85.8 Å². The number of nitrogens with zero attached hydrogens (tertiary/aromatic N) is 4. The van der Waals surface area contributed by atoms with Crippen molar-refractivity contribution in [1.29, 1.82) is 0 Å². The van der Waals surface area contributed by atoms with Gasteiger partial charge in [0.05, 0.1) is 20.0 Å². The number of aromatic nitrogens is 4. The maximum Gasteiger partial charge on any atom is 0.167 e. The molecule has 0 aliphatic carbocycles. The summed E-state index contributed by atoms with van der Waals surface area (Å²) in [5, 5.41) is 22.3. The van der Waals surface area contributed by atoms with Gasteiger partial charge in [-0.3, -0.25) is 4.57 Å². The van der Waals surface area contributed by atoms with E-state index < -0.39 is 30.1 Å². The third-order valence-electron chi connectivity index (χ3n) is 7.52. The normalized spacial score (nSPS) is 22.1. The molecule has 0 saturated carbocycles. The summed E-state index contributed by atoms with van der Waals surface area (Å²) >= 11 is 6.17. The lowest BCUT2D eigenvalue weighted by Crippen LogP contribution is -2.39. The summed E-state index contributed by atoms with van der Waals surface area (Å²) in [5.41, 5.74) is 3.48. The van der Waals surface area contributed by atoms with Crippen LogP contribution < -0.4 is 4.74 Å². The average molecular weight is 573 g/mol. The maximum absolute atomic E-state index is 11.1. The van der Waals surface area contributed by atoms with Crippen molar-refractivity contribution in [1.82, 2.24) is 19.5 Å². The Kier molecular flexibility index (Phi) is 7.46. The Hall–Kier alpha value is -3.86. The molecular weight excluding hydrogens is 544 g/mol. The first-order valence-corrected chi connectivity index (χ1v) is 13.6. The molecule has 0 radical (unpaired) electrons. The average Bonchev–Trinajstić information content (AvgIpc) is 3.56. The van der Waals surface area contributed by atoms with Gasteiger partial charge >= 0.3 is 0 Å². The van der Waals surface area contributed by atoms with Gasteiger partial charge in [0.25, 0.3) is 0 Å². The van der Waals surface area contributed by atoms with Crippen molar-refractivity contribution in [3.63, 3.8) is 0 Å². The molecule has 0 spiro atoms. The van der Waals surface area contributed by atoms with E-state index in [2.05, 4.69) is 15.0 Å². The zero-order valence-electron chi connectivity index (χ0n) is 22.5. The molecule has 0 bridgehead atoms. The van der Waals surface area contributed by atoms with Crippen molar-refractivity contribution < 1.29 is 24.4 Å². The first kappa shape index (κ1) is 27.3. The van der Waals surface area contributed by atoms with Crippen LogP contribution in [0.4, 0.5) is 0 Å². The molecule has 6 rings (SSSR count). The number of ether oxygens (including phenoxy) is 3. The molecule has 1 aliphatic heterocycles. The third-order valence-corrected chi connectivity index (χ3v) is 7.80. The second-order valence-corrected chi connectivity index (χ2v) is 10.3. The number of halogens is 1. The molecule has 9 nitrogen and oxygen atoms in total. The predicted octanol–water partition coefficient (Wildman–Crippen LogP) is 4.42. The maximum atomic E-state index is 11.1. The first-order chi connectivity index (χ1) is 19.9. The molecule has 1 unspecified atom stereocenters. The third kappa shape index (κ3) is 4.86. The molecular formula is C31H29ClN4O5. The van der Waals surface area contributed by atoms with E-state index in [-0.39, 0.29) is 11.8 Å². The number of hydrogen-bond acceptors (Lipinski definition) is 8. The standard InChI is InChI=1S/C31H29ClN4O5/c1-19-8-10-21(11-9-19)31(20-6-4-3-5-7-20,22-12-14-23(39-2)15-13-22)40-16-24-26(37)27(38)30(41-24)36-18-35-25-28(32)33-17-34-29(25)36/h3-15,17-18,24,26-27,30,37-38H,16H2,1-2H3/t24-,26-,27-,30-,31?/m1/s1. The summed E-state index contributed by atoms with van der Waals surface area (Å²) in [7, 11) is 1.62. The summed E-state index contributed by atoms with van der Waals surface area (Å²) < 4.78 is 20.0. The number of hydrogen-bond donors (Lipinski definition) is 2. The fraction of sp³-hybridized carbons (Fsp3) is 0.258. The molecule has 3 aromatic carbocycles. The van der Waals surface area contributed by atoms with Crippen molar-refractivity contribution >= 4 is 22.8 Å². The fourth-order valence-corrected chi connectivity index (χ4v) is 5.53. The van der Waals surface area contributed by atoms with E-state index in [0.717, 1.165) is 28.0 Å². The number of benzene rings is 3. The molecule has 5 atom stereocenters. The van der Waals surface area contributed by atoms with E-state index in [0.29, 0.717) is 11.2 Å². The number of imidazole rings is 1. The van der Waals surface area contributed by atoms with Crippen molar-refractivity contribution in [2.45, 2.75) is 37.1 Å². The number of fused-ring (bicyclic) bond motifs is 1. The van der Waals surface area contributed by atoms with Crippen LogP contribution >= 0.6 is 11.6 Å². The van der Waals surface area contributed by atoms with Crippen molar-refractivity contribution in [3.8, 4) is 5.75 Å². The molecule has 41 heavy (non-hydrogen) atoms. The quantitative estimate of drug-likeness (QED) is 0.208. The Morgan fingerprint density at radius 1 is 0.878 bits per heavy atom. The number of aryl methyl sites for hydroxylation is 1. The highest BCUT2D eigenvalue weighted by Gasteiger charge is 2.47. The summed E-state index contributed by atoms with van der Waals surface area (Å²) in [4.78, 5) is 12.5. The van der Waals surface area contributed by atoms with Crippen LogP contribution in [0.15, 0.2) is 91.5 Å². The number of aliphatic hydroxyl groups excluding tert-OH is 2. The minimum Gasteiger partial charge on any atom is -0.497 e. The van der Waals surface area contributed by atoms with Gasteiger partial charge < -0.3 is 24.4 Å². The largest absolute Gasteiger partial charge is 0.497 e. The Bertz CT molecular complexity index is 1630. The Balaban J connectivity index is 1.38. The SMILES string of the molecule is COc1ccc(C(OC[C@H]2O[C@@H](n3cnc4c(Cl)ncnc43)[C@H](O)[C@@H]2O)(c2ccccc2)c2ccc(C)cc2)cc1. The van der Waals surface area contributed by atoms with Crippen LogP contribution in [0.25, 0.3) is 11.2 Å². The lowest BCUT2D eigenvalue weighted by molar-refractivity contribution is -0.0942. The van der Waals surface area contributed by atoms with E-state index in [9.17, 15) is 10.2 Å². The van der Waals surface area contributed by atoms with Gasteiger partial charge in [-0.25, -0.2) is 15.0 Å². The molecule has 2 aromatic heterocycles. The van der Waals surface area contributed by atoms with E-state index >= 15 is 0 Å². The van der Waals surface area contributed by atoms with E-state index in [1.165, 1.54) is 12.7 Å². The zero-order valence-corrected chi connectivity index (χ0v) is 23.2. The molecule has 1 saturated heterocycles. The van der Waals surface area contributed by atoms with E-state index in [4.69, 9.17) is 25.8 Å². The summed E-state index contributed by atoms with van der Waals surface area (Å²) in [5.74, 6) is 0.719. The minimum atomic E-state index is -1.26. The van der Waals surface area contributed by atoms with Gasteiger partial charge in [-0.2, -0.15) is 0 Å². The predicted molar refractivity (Wildman–Crippen MR) is 153 cm³/mol. The van der Waals surface area contributed by atoms with Gasteiger partial charge in [-0.05, 0) is 35.7 Å². The van der Waals surface area contributed by atoms with Gasteiger partial charge in [-0.15, -0.1) is 0 Å². The number of rotatable bonds is 8. The van der Waals surface area contributed by atoms with Gasteiger partial charge in [0.15, 0.2) is 17.0 Å². The van der Waals surface area contributed by atoms with Crippen LogP contribution in [-0.2, 0) is 15.1 Å². The van der Waals surface area contributed by atoms with E-state index in [1.54, 1.807) is 11.7 Å². The lowest BCUT2D eigenvalue weighted by Gasteiger charge is -2.37. The monoisotopic (exact) mass is 572 g/mol. The molecule has 5 aromatic rings. The molecule has 10 heteroatoms. The number of aliphatic hydroxyl groups is 2. The van der Waals surface area contributed by atoms with Gasteiger partial charge in [0, 0.05) is 0 Å². The van der Waals surface area contributed by atoms with Crippen LogP contribution in [0, 0.1) is 6.92 Å². The molecule has 1 aliphatic rings. The van der Waals surface area contributed by atoms with Crippen LogP contribution in [0.5, 0.6) is 5.75 Å². The highest BCUT2D eigenvalue weighted by atomic mass is 35.5. The van der Waals surface area contributed by atoms with Crippen molar-refractivity contribution in [2.24, 2.45) is 0 Å². The summed E-state index contributed by atoms with van der Waals surface area (Å²) in [6, 6.07) is 25.8. The Morgan fingerprint density at radius 2 is 1.54 bits per heavy atom. The summed E-state index contributed by atoms with van der Waals surface area (Å²) in [6.45, 7) is 2.00. The topological polar surface area (TPSA) is 112 Å². The Labute approximate surface area is 242 Å². The molecule has 1 fully saturated rings. The molecule has 210 valence electrons. The van der Waals surface area contributed by atoms with Gasteiger partial charge in [0.1, 0.15) is 41.5 Å². The number of methoxy groups -OCH3 is 1. The van der Waals surface area contributed by atoms with Gasteiger partial charge in [0.2, 0.25) is 0 Å². The molecule has 2 N–H and O–H groups in total.